The Morgan fingerprint density at radius 1 is 1.12 bits per heavy atom. The van der Waals surface area contributed by atoms with Gasteiger partial charge in [-0.25, -0.2) is 8.78 Å². The van der Waals surface area contributed by atoms with E-state index in [1.54, 1.807) is 31.2 Å². The Morgan fingerprint density at radius 2 is 1.80 bits per heavy atom. The summed E-state index contributed by atoms with van der Waals surface area (Å²) >= 11 is 0. The van der Waals surface area contributed by atoms with Crippen molar-refractivity contribution in [2.45, 2.75) is 6.92 Å². The Kier molecular flexibility index (Phi) is 4.35. The summed E-state index contributed by atoms with van der Waals surface area (Å²) in [5.41, 5.74) is 1.88. The zero-order chi connectivity index (χ0) is 18.1. The summed E-state index contributed by atoms with van der Waals surface area (Å²) in [6.45, 7) is 5.64. The van der Waals surface area contributed by atoms with Crippen LogP contribution in [0.15, 0.2) is 49.0 Å². The van der Waals surface area contributed by atoms with Crippen LogP contribution in [-0.4, -0.2) is 29.8 Å². The highest BCUT2D eigenvalue weighted by molar-refractivity contribution is 6.11. The highest BCUT2D eigenvalue weighted by Crippen LogP contribution is 2.31. The van der Waals surface area contributed by atoms with Crippen molar-refractivity contribution < 1.29 is 18.4 Å². The van der Waals surface area contributed by atoms with E-state index >= 15 is 0 Å². The maximum absolute atomic E-state index is 13.5. The van der Waals surface area contributed by atoms with Crippen LogP contribution in [-0.2, 0) is 4.79 Å². The molecule has 1 heterocycles. The van der Waals surface area contributed by atoms with E-state index in [-0.39, 0.29) is 24.7 Å². The zero-order valence-electron chi connectivity index (χ0n) is 13.6. The molecule has 0 saturated heterocycles. The first kappa shape index (κ1) is 16.8. The summed E-state index contributed by atoms with van der Waals surface area (Å²) in [4.78, 5) is 27.7. The fourth-order valence-electron chi connectivity index (χ4n) is 2.88. The highest BCUT2D eigenvalue weighted by atomic mass is 19.2. The second kappa shape index (κ2) is 6.47. The lowest BCUT2D eigenvalue weighted by molar-refractivity contribution is -0.118. The van der Waals surface area contributed by atoms with Gasteiger partial charge < -0.3 is 4.90 Å². The molecule has 0 unspecified atom stereocenters. The number of nitrogens with zero attached hydrogens (tertiary/aromatic N) is 2. The first-order chi connectivity index (χ1) is 11.9. The monoisotopic (exact) mass is 342 g/mol. The molecular weight excluding hydrogens is 326 g/mol. The van der Waals surface area contributed by atoms with Crippen LogP contribution in [0.1, 0.15) is 22.8 Å². The predicted molar refractivity (Wildman–Crippen MR) is 90.9 cm³/mol. The Morgan fingerprint density at radius 3 is 2.40 bits per heavy atom. The van der Waals surface area contributed by atoms with Crippen molar-refractivity contribution in [2.75, 3.05) is 18.0 Å². The van der Waals surface area contributed by atoms with Crippen LogP contribution in [0, 0.1) is 11.6 Å². The molecule has 0 aromatic heterocycles. The summed E-state index contributed by atoms with van der Waals surface area (Å²) in [7, 11) is 0. The molecule has 128 valence electrons. The number of fused-ring (bicyclic) bond motifs is 1. The van der Waals surface area contributed by atoms with Crippen molar-refractivity contribution in [3.63, 3.8) is 0 Å². The van der Waals surface area contributed by atoms with Gasteiger partial charge in [-0.2, -0.15) is 0 Å². The lowest BCUT2D eigenvalue weighted by Crippen LogP contribution is -2.40. The SMILES string of the molecule is C=C1c2ccccc2C(=O)N1CC(=O)N(CC)c1ccc(F)c(F)c1. The Bertz CT molecular complexity index is 844. The number of hydrogen-bond donors (Lipinski definition) is 0. The van der Waals surface area contributed by atoms with Gasteiger partial charge in [0, 0.05) is 35.1 Å². The van der Waals surface area contributed by atoms with E-state index in [0.29, 0.717) is 16.8 Å². The zero-order valence-corrected chi connectivity index (χ0v) is 13.6. The minimum atomic E-state index is -1.03. The minimum Gasteiger partial charge on any atom is -0.311 e. The van der Waals surface area contributed by atoms with Crippen LogP contribution in [0.4, 0.5) is 14.5 Å². The summed E-state index contributed by atoms with van der Waals surface area (Å²) in [6, 6.07) is 10.3. The highest BCUT2D eigenvalue weighted by Gasteiger charge is 2.33. The largest absolute Gasteiger partial charge is 0.311 e. The fraction of sp³-hybridized carbons (Fsp3) is 0.158. The molecule has 25 heavy (non-hydrogen) atoms. The third-order valence-electron chi connectivity index (χ3n) is 4.16. The normalized spacial score (nSPS) is 13.2. The number of anilines is 1. The average Bonchev–Trinajstić information content (AvgIpc) is 2.84. The molecule has 1 aliphatic rings. The van der Waals surface area contributed by atoms with Gasteiger partial charge in [-0.05, 0) is 25.1 Å². The molecule has 0 aliphatic carbocycles. The number of benzene rings is 2. The average molecular weight is 342 g/mol. The topological polar surface area (TPSA) is 40.6 Å². The number of hydrogen-bond acceptors (Lipinski definition) is 2. The van der Waals surface area contributed by atoms with Gasteiger partial charge in [0.15, 0.2) is 11.6 Å². The quantitative estimate of drug-likeness (QED) is 0.854. The van der Waals surface area contributed by atoms with Gasteiger partial charge in [-0.3, -0.25) is 14.5 Å². The second-order valence-electron chi connectivity index (χ2n) is 5.62. The van der Waals surface area contributed by atoms with Gasteiger partial charge in [-0.1, -0.05) is 24.8 Å². The molecule has 2 aromatic carbocycles. The van der Waals surface area contributed by atoms with Crippen LogP contribution >= 0.6 is 0 Å². The van der Waals surface area contributed by atoms with Crippen molar-refractivity contribution >= 4 is 23.2 Å². The fourth-order valence-corrected chi connectivity index (χ4v) is 2.88. The summed E-state index contributed by atoms with van der Waals surface area (Å²) in [5.74, 6) is -2.71. The maximum Gasteiger partial charge on any atom is 0.259 e. The van der Waals surface area contributed by atoms with Crippen molar-refractivity contribution in [3.8, 4) is 0 Å². The molecule has 2 amide bonds. The molecule has 3 rings (SSSR count). The first-order valence-electron chi connectivity index (χ1n) is 7.79. The number of likely N-dealkylation sites (N-methyl/N-ethyl adjacent to an activating group) is 1. The van der Waals surface area contributed by atoms with E-state index < -0.39 is 17.5 Å². The molecule has 0 saturated carbocycles. The van der Waals surface area contributed by atoms with Gasteiger partial charge in [0.2, 0.25) is 5.91 Å². The molecule has 4 nitrogen and oxygen atoms in total. The van der Waals surface area contributed by atoms with Crippen LogP contribution in [0.25, 0.3) is 5.70 Å². The molecule has 6 heteroatoms. The molecule has 0 fully saturated rings. The number of amides is 2. The molecular formula is C19H16F2N2O2. The van der Waals surface area contributed by atoms with Crippen molar-refractivity contribution in [1.29, 1.82) is 0 Å². The van der Waals surface area contributed by atoms with E-state index in [1.807, 2.05) is 0 Å². The Hall–Kier alpha value is -3.02. The van der Waals surface area contributed by atoms with E-state index in [0.717, 1.165) is 12.1 Å². The Balaban J connectivity index is 1.83. The van der Waals surface area contributed by atoms with Gasteiger partial charge >= 0.3 is 0 Å². The van der Waals surface area contributed by atoms with Crippen LogP contribution < -0.4 is 4.90 Å². The summed E-state index contributed by atoms with van der Waals surface area (Å²) in [5, 5.41) is 0. The van der Waals surface area contributed by atoms with Crippen LogP contribution in [0.2, 0.25) is 0 Å². The number of rotatable bonds is 4. The molecule has 0 spiro atoms. The van der Waals surface area contributed by atoms with Gasteiger partial charge in [0.1, 0.15) is 6.54 Å². The van der Waals surface area contributed by atoms with Gasteiger partial charge in [-0.15, -0.1) is 0 Å². The lowest BCUT2D eigenvalue weighted by Gasteiger charge is -2.25. The second-order valence-corrected chi connectivity index (χ2v) is 5.62. The van der Waals surface area contributed by atoms with Crippen LogP contribution in [0.3, 0.4) is 0 Å². The van der Waals surface area contributed by atoms with Crippen molar-refractivity contribution in [2.24, 2.45) is 0 Å². The number of halogens is 2. The molecule has 1 aliphatic heterocycles. The van der Waals surface area contributed by atoms with E-state index in [2.05, 4.69) is 6.58 Å². The van der Waals surface area contributed by atoms with E-state index in [1.165, 1.54) is 15.9 Å². The number of carbonyl (C=O) groups is 2. The van der Waals surface area contributed by atoms with Gasteiger partial charge in [0.25, 0.3) is 5.91 Å². The lowest BCUT2D eigenvalue weighted by atomic mass is 10.1. The Labute approximate surface area is 144 Å². The van der Waals surface area contributed by atoms with Gasteiger partial charge in [0.05, 0.1) is 0 Å². The van der Waals surface area contributed by atoms with E-state index in [9.17, 15) is 18.4 Å². The first-order valence-corrected chi connectivity index (χ1v) is 7.79. The molecule has 0 atom stereocenters. The smallest absolute Gasteiger partial charge is 0.259 e. The molecule has 0 radical (unpaired) electrons. The summed E-state index contributed by atoms with van der Waals surface area (Å²) < 4.78 is 26.6. The van der Waals surface area contributed by atoms with E-state index in [4.69, 9.17) is 0 Å². The number of carbonyl (C=O) groups excluding carboxylic acids is 2. The minimum absolute atomic E-state index is 0.223. The maximum atomic E-state index is 13.5. The molecule has 0 N–H and O–H groups in total. The predicted octanol–water partition coefficient (Wildman–Crippen LogP) is 3.44. The standard InChI is InChI=1S/C19H16F2N2O2/c1-3-22(13-8-9-16(20)17(21)10-13)18(24)11-23-12(2)14-6-4-5-7-15(14)19(23)25/h4-10H,2-3,11H2,1H3. The van der Waals surface area contributed by atoms with Crippen molar-refractivity contribution in [3.05, 3.63) is 71.8 Å². The third-order valence-corrected chi connectivity index (χ3v) is 4.16. The third kappa shape index (κ3) is 2.91. The summed E-state index contributed by atoms with van der Waals surface area (Å²) in [6.07, 6.45) is 0. The van der Waals surface area contributed by atoms with Crippen LogP contribution in [0.5, 0.6) is 0 Å². The molecule has 0 bridgehead atoms. The molecule has 2 aromatic rings. The van der Waals surface area contributed by atoms with Crippen molar-refractivity contribution in [1.82, 2.24) is 4.90 Å².